The van der Waals surface area contributed by atoms with Gasteiger partial charge in [-0.1, -0.05) is 66.4 Å². The van der Waals surface area contributed by atoms with Crippen molar-refractivity contribution in [2.24, 2.45) is 17.3 Å². The summed E-state index contributed by atoms with van der Waals surface area (Å²) in [6, 6.07) is 4.27. The summed E-state index contributed by atoms with van der Waals surface area (Å²) in [5.74, 6) is 4.82. The molecule has 2 aromatic heterocycles. The molecule has 5 atom stereocenters. The number of alkyl halides is 3. The molecule has 2 aliphatic heterocycles. The maximum Gasteiger partial charge on any atom is 0.319 e. The summed E-state index contributed by atoms with van der Waals surface area (Å²) in [4.78, 5) is 16.2. The van der Waals surface area contributed by atoms with E-state index in [1.807, 2.05) is 0 Å². The molecule has 4 aromatic rings. The summed E-state index contributed by atoms with van der Waals surface area (Å²) in [6.45, 7) is 9.02. The normalized spacial score (nSPS) is 25.1. The van der Waals surface area contributed by atoms with E-state index in [4.69, 9.17) is 24.3 Å². The number of piperidine rings is 1. The van der Waals surface area contributed by atoms with Gasteiger partial charge in [0.05, 0.1) is 39.5 Å². The first kappa shape index (κ1) is 37.3. The second-order valence-corrected chi connectivity index (χ2v) is 23.0. The van der Waals surface area contributed by atoms with Gasteiger partial charge in [0.2, 0.25) is 6.43 Å². The van der Waals surface area contributed by atoms with Gasteiger partial charge in [-0.05, 0) is 73.0 Å². The molecule has 14 heteroatoms. The Morgan fingerprint density at radius 2 is 1.78 bits per heavy atom. The molecule has 0 amide bonds. The van der Waals surface area contributed by atoms with Crippen molar-refractivity contribution < 1.29 is 38.3 Å². The average molecular weight is 852 g/mol. The fourth-order valence-corrected chi connectivity index (χ4v) is 14.9. The number of aromatic nitrogens is 3. The van der Waals surface area contributed by atoms with Crippen molar-refractivity contribution in [3.05, 3.63) is 47.2 Å². The van der Waals surface area contributed by atoms with Crippen LogP contribution in [-0.2, 0) is 4.74 Å². The number of benzene rings is 2. The molecule has 1 saturated carbocycles. The van der Waals surface area contributed by atoms with E-state index in [-0.39, 0.29) is 94.1 Å². The second-order valence-electron chi connectivity index (χ2n) is 17.4. The lowest BCUT2D eigenvalue weighted by atomic mass is 9.73. The molecule has 2 N–H and O–H groups in total. The predicted molar refractivity (Wildman–Crippen MR) is 231 cm³/mol. The van der Waals surface area contributed by atoms with E-state index in [1.165, 1.54) is 32.0 Å². The molecule has 320 valence electrons. The third-order valence-electron chi connectivity index (χ3n) is 12.8. The number of likely N-dealkylation sites (tertiary alicyclic amines) is 1. The summed E-state index contributed by atoms with van der Waals surface area (Å²) >= 11 is 0. The van der Waals surface area contributed by atoms with Crippen molar-refractivity contribution >= 4 is 41.3 Å². The molecule has 4 heterocycles. The van der Waals surface area contributed by atoms with Crippen LogP contribution in [0, 0.1) is 52.2 Å². The van der Waals surface area contributed by atoms with Gasteiger partial charge in [0.25, 0.3) is 0 Å². The van der Waals surface area contributed by atoms with Crippen molar-refractivity contribution in [3.63, 3.8) is 0 Å². The van der Waals surface area contributed by atoms with Gasteiger partial charge in [0.15, 0.2) is 5.82 Å². The number of rotatable bonds is 9. The van der Waals surface area contributed by atoms with Crippen LogP contribution in [-0.4, -0.2) is 92.9 Å². The number of ether oxygens (including phenoxy) is 2. The van der Waals surface area contributed by atoms with Crippen LogP contribution in [0.1, 0.15) is 79.9 Å². The molecule has 60 heavy (non-hydrogen) atoms. The van der Waals surface area contributed by atoms with Gasteiger partial charge in [-0.3, -0.25) is 0 Å². The third kappa shape index (κ3) is 7.69. The number of nitrogens with zero attached hydrogens (tertiary/aromatic N) is 5. The minimum atomic E-state index is -3.09. The van der Waals surface area contributed by atoms with Crippen LogP contribution in [0.5, 0.6) is 6.01 Å². The lowest BCUT2D eigenvalue weighted by Gasteiger charge is -2.44. The number of hydrogen-bond donors (Lipinski definition) is 1. The fraction of sp³-hybridized carbons (Fsp3) is 0.543. The van der Waals surface area contributed by atoms with E-state index in [0.717, 1.165) is 4.90 Å². The highest BCUT2D eigenvalue weighted by atomic mass is 28.3. The van der Waals surface area contributed by atoms with Crippen molar-refractivity contribution in [1.29, 1.82) is 0 Å². The highest BCUT2D eigenvalue weighted by molar-refractivity contribution is 6.90. The maximum atomic E-state index is 18.0. The van der Waals surface area contributed by atoms with E-state index in [1.54, 1.807) is 11.0 Å². The van der Waals surface area contributed by atoms with Gasteiger partial charge >= 0.3 is 6.01 Å². The van der Waals surface area contributed by atoms with E-state index in [9.17, 15) is 11.5 Å². The highest BCUT2D eigenvalue weighted by Gasteiger charge is 2.56. The molecule has 3 aliphatic rings. The van der Waals surface area contributed by atoms with Crippen LogP contribution in [0.3, 0.4) is 0 Å². The van der Waals surface area contributed by atoms with Crippen LogP contribution in [0.15, 0.2) is 24.3 Å². The van der Waals surface area contributed by atoms with Gasteiger partial charge < -0.3 is 25.0 Å². The molecule has 0 radical (unpaired) electrons. The van der Waals surface area contributed by atoms with Crippen LogP contribution in [0.25, 0.3) is 32.9 Å². The molecule has 1 aliphatic carbocycles. The number of hydrogen-bond acceptors (Lipinski definition) is 8. The largest absolute Gasteiger partial charge is 0.463 e. The summed E-state index contributed by atoms with van der Waals surface area (Å²) in [5.41, 5.74) is 7.85. The van der Waals surface area contributed by atoms with Crippen molar-refractivity contribution in [1.82, 2.24) is 19.9 Å². The van der Waals surface area contributed by atoms with Gasteiger partial charge in [-0.2, -0.15) is 9.97 Å². The molecule has 2 aromatic carbocycles. The van der Waals surface area contributed by atoms with Crippen LogP contribution >= 0.6 is 0 Å². The van der Waals surface area contributed by atoms with E-state index < -0.39 is 87.2 Å². The molecular weight excluding hydrogens is 792 g/mol. The smallest absolute Gasteiger partial charge is 0.319 e. The summed E-state index contributed by atoms with van der Waals surface area (Å²) < 4.78 is 133. The standard InChI is InChI=1S/C46H55F5N6O2Si/c1-10-11-35-37-41(54-45(55-44(37)57-17-18-58-22-32-38(48)42(32)57)59-24-46(8)23-56(9)16-14-33(46)43(50)51)39(49)40(53-35)31-21-29(52)20-28-12-13-34(47)30(36(28)31)15-19-60(25(2)3,26(4)5)27(6)7/h12-13,20-21,25-27,32-33,38,42-43H,14,16-18,22-24,52H2,1-9H3/t32-,33+,38-,42-,46-/m0/s1/i9D3,24D2. The number of anilines is 2. The van der Waals surface area contributed by atoms with Gasteiger partial charge in [0, 0.05) is 51.1 Å². The zero-order valence-corrected chi connectivity index (χ0v) is 36.2. The van der Waals surface area contributed by atoms with Gasteiger partial charge in [-0.15, -0.1) is 5.54 Å². The number of fused-ring (bicyclic) bond motifs is 3. The molecule has 0 unspecified atom stereocenters. The zero-order chi connectivity index (χ0) is 47.7. The van der Waals surface area contributed by atoms with Crippen LogP contribution < -0.4 is 15.4 Å². The van der Waals surface area contributed by atoms with E-state index in [2.05, 4.69) is 74.8 Å². The topological polar surface area (TPSA) is 89.6 Å². The van der Waals surface area contributed by atoms with Crippen molar-refractivity contribution in [3.8, 4) is 40.6 Å². The molecule has 8 nitrogen and oxygen atoms in total. The Morgan fingerprint density at radius 3 is 2.45 bits per heavy atom. The molecule has 0 spiro atoms. The molecule has 0 bridgehead atoms. The lowest BCUT2D eigenvalue weighted by Crippen LogP contribution is -2.51. The molecule has 7 rings (SSSR count). The minimum Gasteiger partial charge on any atom is -0.463 e. The monoisotopic (exact) mass is 851 g/mol. The number of pyridine rings is 1. The minimum absolute atomic E-state index is 0.0140. The number of halogens is 5. The van der Waals surface area contributed by atoms with Crippen LogP contribution in [0.2, 0.25) is 16.6 Å². The average Bonchev–Trinajstić information content (AvgIpc) is 3.91. The molecule has 3 fully saturated rings. The summed E-state index contributed by atoms with van der Waals surface area (Å²) in [5, 5.41) is 0.597. The SMILES string of the molecule is [2H]C([2H])([2H])N1CC[C@H](C(F)F)[C@](C)(C([2H])([2H])Oc2nc(N3CCOC[C@H]4[C@H](F)[C@H]43)c3c(C#CC)nc(-c4cc(N)cc5ccc(F)c(C#C[Si](C(C)C)(C(C)C)C(C)C)c45)c(F)c3n2)C1. The van der Waals surface area contributed by atoms with Gasteiger partial charge in [0.1, 0.15) is 42.8 Å². The first-order valence-corrected chi connectivity index (χ1v) is 22.7. The predicted octanol–water partition coefficient (Wildman–Crippen LogP) is 9.42. The van der Waals surface area contributed by atoms with E-state index >= 15 is 13.2 Å². The van der Waals surface area contributed by atoms with Crippen molar-refractivity contribution in [2.75, 3.05) is 57.0 Å². The number of nitrogens with two attached hydrogens (primary N) is 1. The Balaban J connectivity index is 1.51. The first-order valence-electron chi connectivity index (χ1n) is 23.0. The molecular formula is C46H55F5N6O2Si. The van der Waals surface area contributed by atoms with Crippen molar-refractivity contribution in [2.45, 2.75) is 97.1 Å². The highest BCUT2D eigenvalue weighted by Crippen LogP contribution is 2.47. The Bertz CT molecular complexity index is 2610. The fourth-order valence-electron chi connectivity index (χ4n) is 9.72. The third-order valence-corrected chi connectivity index (χ3v) is 19.1. The Hall–Kier alpha value is -4.50. The van der Waals surface area contributed by atoms with E-state index in [0.29, 0.717) is 5.39 Å². The van der Waals surface area contributed by atoms with Gasteiger partial charge in [-0.25, -0.2) is 26.9 Å². The lowest BCUT2D eigenvalue weighted by molar-refractivity contribution is -0.0679. The Labute approximate surface area is 357 Å². The Kier molecular flexibility index (Phi) is 10.4. The number of nitrogen functional groups attached to an aromatic ring is 1. The first-order chi connectivity index (χ1) is 30.4. The summed E-state index contributed by atoms with van der Waals surface area (Å²) in [7, 11) is -2.43. The quantitative estimate of drug-likeness (QED) is 0.0772. The second kappa shape index (κ2) is 16.7. The summed E-state index contributed by atoms with van der Waals surface area (Å²) in [6.07, 6.45) is -4.80. The van der Waals surface area contributed by atoms with Crippen LogP contribution in [0.4, 0.5) is 33.5 Å². The maximum absolute atomic E-state index is 18.0. The Morgan fingerprint density at radius 1 is 1.05 bits per heavy atom. The molecule has 2 saturated heterocycles. The zero-order valence-electron chi connectivity index (χ0n) is 40.2.